The Balaban J connectivity index is 1.81. The van der Waals surface area contributed by atoms with Crippen molar-refractivity contribution in [3.63, 3.8) is 0 Å². The highest BCUT2D eigenvalue weighted by molar-refractivity contribution is 7.91. The van der Waals surface area contributed by atoms with Crippen LogP contribution in [0.15, 0.2) is 12.4 Å². The zero-order valence-corrected chi connectivity index (χ0v) is 11.8. The molecular formula is C12H21N3O2S. The quantitative estimate of drug-likeness (QED) is 0.891. The summed E-state index contributed by atoms with van der Waals surface area (Å²) >= 11 is 0. The van der Waals surface area contributed by atoms with E-state index in [0.29, 0.717) is 23.6 Å². The molecule has 102 valence electrons. The van der Waals surface area contributed by atoms with E-state index < -0.39 is 9.84 Å². The van der Waals surface area contributed by atoms with E-state index in [1.807, 2.05) is 17.1 Å². The van der Waals surface area contributed by atoms with Crippen LogP contribution < -0.4 is 5.32 Å². The van der Waals surface area contributed by atoms with Gasteiger partial charge in [0.15, 0.2) is 0 Å². The highest BCUT2D eigenvalue weighted by Gasteiger charge is 2.23. The van der Waals surface area contributed by atoms with Gasteiger partial charge in [-0.15, -0.1) is 0 Å². The van der Waals surface area contributed by atoms with Gasteiger partial charge in [0.05, 0.1) is 17.7 Å². The summed E-state index contributed by atoms with van der Waals surface area (Å²) in [6.07, 6.45) is 5.35. The molecule has 0 amide bonds. The third kappa shape index (κ3) is 3.55. The van der Waals surface area contributed by atoms with Gasteiger partial charge in [-0.05, 0) is 26.7 Å². The normalized spacial score (nSPS) is 20.4. The molecule has 1 saturated heterocycles. The Kier molecular flexibility index (Phi) is 4.07. The Bertz CT molecular complexity index is 479. The molecule has 0 radical (unpaired) electrons. The first-order valence-corrected chi connectivity index (χ1v) is 8.25. The lowest BCUT2D eigenvalue weighted by Gasteiger charge is -2.22. The number of rotatable bonds is 4. The lowest BCUT2D eigenvalue weighted by molar-refractivity contribution is 0.462. The summed E-state index contributed by atoms with van der Waals surface area (Å²) in [6.45, 7) is 4.95. The van der Waals surface area contributed by atoms with Crippen molar-refractivity contribution in [2.75, 3.05) is 11.5 Å². The number of hydrogen-bond acceptors (Lipinski definition) is 4. The molecule has 1 aliphatic rings. The van der Waals surface area contributed by atoms with Crippen LogP contribution in [0.5, 0.6) is 0 Å². The molecule has 0 unspecified atom stereocenters. The second kappa shape index (κ2) is 5.40. The van der Waals surface area contributed by atoms with E-state index in [9.17, 15) is 8.42 Å². The predicted octanol–water partition coefficient (Wildman–Crippen LogP) is 1.13. The molecule has 0 spiro atoms. The maximum absolute atomic E-state index is 11.3. The molecule has 6 heteroatoms. The lowest BCUT2D eigenvalue weighted by Crippen LogP contribution is -2.37. The average Bonchev–Trinajstić information content (AvgIpc) is 2.76. The summed E-state index contributed by atoms with van der Waals surface area (Å²) in [5.41, 5.74) is 1.15. The van der Waals surface area contributed by atoms with Crippen LogP contribution in [0.1, 0.15) is 38.3 Å². The minimum atomic E-state index is -2.76. The summed E-state index contributed by atoms with van der Waals surface area (Å²) < 4.78 is 24.5. The summed E-state index contributed by atoms with van der Waals surface area (Å²) in [5.74, 6) is 0.631. The van der Waals surface area contributed by atoms with E-state index in [1.54, 1.807) is 0 Å². The van der Waals surface area contributed by atoms with E-state index in [2.05, 4.69) is 24.3 Å². The van der Waals surface area contributed by atoms with Gasteiger partial charge in [0.25, 0.3) is 0 Å². The fourth-order valence-corrected chi connectivity index (χ4v) is 3.60. The lowest BCUT2D eigenvalue weighted by atomic mass is 10.1. The number of nitrogens with zero attached hydrogens (tertiary/aromatic N) is 2. The first kappa shape index (κ1) is 13.5. The molecular weight excluding hydrogens is 250 g/mol. The van der Waals surface area contributed by atoms with E-state index in [1.165, 1.54) is 0 Å². The molecule has 0 atom stereocenters. The third-order valence-corrected chi connectivity index (χ3v) is 5.05. The summed E-state index contributed by atoms with van der Waals surface area (Å²) in [5, 5.41) is 7.69. The molecule has 1 aromatic heterocycles. The standard InChI is InChI=1S/C12H21N3O2S/c1-10(2)15-9-11(8-14-15)7-13-12-3-5-18(16,17)6-4-12/h8-10,12-13H,3-7H2,1-2H3. The minimum absolute atomic E-state index is 0.315. The zero-order valence-electron chi connectivity index (χ0n) is 11.0. The van der Waals surface area contributed by atoms with Crippen LogP contribution in [0.4, 0.5) is 0 Å². The minimum Gasteiger partial charge on any atom is -0.310 e. The average molecular weight is 271 g/mol. The number of aromatic nitrogens is 2. The second-order valence-corrected chi connectivity index (χ2v) is 7.53. The van der Waals surface area contributed by atoms with Crippen LogP contribution >= 0.6 is 0 Å². The van der Waals surface area contributed by atoms with Crippen LogP contribution in [0.2, 0.25) is 0 Å². The smallest absolute Gasteiger partial charge is 0.150 e. The Morgan fingerprint density at radius 1 is 1.44 bits per heavy atom. The summed E-state index contributed by atoms with van der Waals surface area (Å²) in [6, 6.07) is 0.689. The van der Waals surface area contributed by atoms with E-state index in [-0.39, 0.29) is 0 Å². The fraction of sp³-hybridized carbons (Fsp3) is 0.750. The summed E-state index contributed by atoms with van der Waals surface area (Å²) in [4.78, 5) is 0. The van der Waals surface area contributed by atoms with Gasteiger partial charge in [-0.3, -0.25) is 4.68 Å². The van der Waals surface area contributed by atoms with Gasteiger partial charge in [-0.2, -0.15) is 5.10 Å². The molecule has 1 N–H and O–H groups in total. The fourth-order valence-electron chi connectivity index (χ4n) is 2.11. The third-order valence-electron chi connectivity index (χ3n) is 3.33. The van der Waals surface area contributed by atoms with Crippen molar-refractivity contribution >= 4 is 9.84 Å². The van der Waals surface area contributed by atoms with Gasteiger partial charge in [-0.25, -0.2) is 8.42 Å². The van der Waals surface area contributed by atoms with Crippen LogP contribution in [-0.2, 0) is 16.4 Å². The molecule has 1 aromatic rings. The Hall–Kier alpha value is -0.880. The Morgan fingerprint density at radius 3 is 2.67 bits per heavy atom. The van der Waals surface area contributed by atoms with Crippen molar-refractivity contribution in [2.24, 2.45) is 0 Å². The van der Waals surface area contributed by atoms with Crippen molar-refractivity contribution < 1.29 is 8.42 Å². The van der Waals surface area contributed by atoms with E-state index in [0.717, 1.165) is 24.9 Å². The Labute approximate surface area is 108 Å². The van der Waals surface area contributed by atoms with E-state index in [4.69, 9.17) is 0 Å². The molecule has 2 rings (SSSR count). The zero-order chi connectivity index (χ0) is 13.2. The molecule has 0 saturated carbocycles. The first-order valence-electron chi connectivity index (χ1n) is 6.43. The number of nitrogens with one attached hydrogen (secondary N) is 1. The highest BCUT2D eigenvalue weighted by atomic mass is 32.2. The van der Waals surface area contributed by atoms with Crippen LogP contribution in [0.25, 0.3) is 0 Å². The van der Waals surface area contributed by atoms with Crippen molar-refractivity contribution in [3.05, 3.63) is 18.0 Å². The van der Waals surface area contributed by atoms with E-state index >= 15 is 0 Å². The Morgan fingerprint density at radius 2 is 2.11 bits per heavy atom. The van der Waals surface area contributed by atoms with Gasteiger partial charge in [0.2, 0.25) is 0 Å². The van der Waals surface area contributed by atoms with Crippen LogP contribution in [-0.4, -0.2) is 35.7 Å². The topological polar surface area (TPSA) is 64.0 Å². The molecule has 0 bridgehead atoms. The summed E-state index contributed by atoms with van der Waals surface area (Å²) in [7, 11) is -2.76. The van der Waals surface area contributed by atoms with Crippen LogP contribution in [0.3, 0.4) is 0 Å². The molecule has 18 heavy (non-hydrogen) atoms. The van der Waals surface area contributed by atoms with Gasteiger partial charge in [0.1, 0.15) is 9.84 Å². The van der Waals surface area contributed by atoms with Gasteiger partial charge >= 0.3 is 0 Å². The van der Waals surface area contributed by atoms with Crippen LogP contribution in [0, 0.1) is 0 Å². The van der Waals surface area contributed by atoms with Crippen molar-refractivity contribution in [2.45, 2.75) is 45.3 Å². The second-order valence-electron chi connectivity index (χ2n) is 5.23. The van der Waals surface area contributed by atoms with Gasteiger partial charge in [-0.1, -0.05) is 0 Å². The number of hydrogen-bond donors (Lipinski definition) is 1. The largest absolute Gasteiger partial charge is 0.310 e. The van der Waals surface area contributed by atoms with Crippen molar-refractivity contribution in [1.29, 1.82) is 0 Å². The SMILES string of the molecule is CC(C)n1cc(CNC2CCS(=O)(=O)CC2)cn1. The van der Waals surface area contributed by atoms with Gasteiger partial charge < -0.3 is 5.32 Å². The predicted molar refractivity (Wildman–Crippen MR) is 71.1 cm³/mol. The number of sulfone groups is 1. The van der Waals surface area contributed by atoms with Crippen molar-refractivity contribution in [1.82, 2.24) is 15.1 Å². The highest BCUT2D eigenvalue weighted by Crippen LogP contribution is 2.13. The molecule has 0 aliphatic carbocycles. The molecule has 2 heterocycles. The molecule has 0 aromatic carbocycles. The van der Waals surface area contributed by atoms with Crippen molar-refractivity contribution in [3.8, 4) is 0 Å². The monoisotopic (exact) mass is 271 g/mol. The maximum Gasteiger partial charge on any atom is 0.150 e. The van der Waals surface area contributed by atoms with Gasteiger partial charge in [0, 0.05) is 30.4 Å². The maximum atomic E-state index is 11.3. The molecule has 1 aliphatic heterocycles. The molecule has 1 fully saturated rings. The molecule has 5 nitrogen and oxygen atoms in total. The first-order chi connectivity index (χ1) is 8.46.